The second kappa shape index (κ2) is 9.75. The summed E-state index contributed by atoms with van der Waals surface area (Å²) in [5.74, 6) is -3.75. The topological polar surface area (TPSA) is 66.5 Å². The number of amides is 3. The second-order valence-electron chi connectivity index (χ2n) is 7.84. The fraction of sp³-hybridized carbons (Fsp3) is 0.318. The van der Waals surface area contributed by atoms with Gasteiger partial charge in [-0.3, -0.25) is 14.4 Å². The molecular formula is C22H15Cl3F6N2O3. The SMILES string of the molecule is CCC(=O)NCc1ccc(N2C(=O)CC(c3cc(Cl)c(Cl)c(Cl)c3)(C(F)(F)F)C2=O)cc1C(F)(F)F. The molecule has 1 fully saturated rings. The van der Waals surface area contributed by atoms with E-state index < -0.39 is 80.9 Å². The molecule has 0 aliphatic carbocycles. The van der Waals surface area contributed by atoms with Gasteiger partial charge in [0.1, 0.15) is 0 Å². The van der Waals surface area contributed by atoms with Crippen LogP contribution < -0.4 is 10.2 Å². The third kappa shape index (κ3) is 4.88. The zero-order valence-corrected chi connectivity index (χ0v) is 20.3. The molecule has 1 unspecified atom stereocenters. The predicted molar refractivity (Wildman–Crippen MR) is 120 cm³/mol. The average Bonchev–Trinajstić information content (AvgIpc) is 3.05. The van der Waals surface area contributed by atoms with Crippen LogP contribution >= 0.6 is 34.8 Å². The van der Waals surface area contributed by atoms with Gasteiger partial charge in [0, 0.05) is 13.0 Å². The Bertz CT molecular complexity index is 1230. The molecule has 1 aliphatic rings. The number of hydrogen-bond donors (Lipinski definition) is 1. The quantitative estimate of drug-likeness (QED) is 0.253. The molecule has 5 nitrogen and oxygen atoms in total. The number of nitrogens with zero attached hydrogens (tertiary/aromatic N) is 1. The van der Waals surface area contributed by atoms with Gasteiger partial charge in [0.25, 0.3) is 5.91 Å². The molecule has 3 rings (SSSR count). The van der Waals surface area contributed by atoms with Crippen LogP contribution in [0.4, 0.5) is 32.0 Å². The van der Waals surface area contributed by atoms with Crippen LogP contribution in [0.15, 0.2) is 30.3 Å². The summed E-state index contributed by atoms with van der Waals surface area (Å²) in [6.07, 6.45) is -11.8. The minimum atomic E-state index is -5.35. The van der Waals surface area contributed by atoms with Crippen LogP contribution in [-0.2, 0) is 32.5 Å². The Kier molecular flexibility index (Phi) is 7.61. The van der Waals surface area contributed by atoms with E-state index in [1.165, 1.54) is 6.92 Å². The second-order valence-corrected chi connectivity index (χ2v) is 9.03. The van der Waals surface area contributed by atoms with Crippen LogP contribution in [0.3, 0.4) is 0 Å². The molecule has 2 aromatic rings. The van der Waals surface area contributed by atoms with E-state index in [-0.39, 0.29) is 16.3 Å². The smallest absolute Gasteiger partial charge is 0.352 e. The van der Waals surface area contributed by atoms with Crippen LogP contribution in [0, 0.1) is 0 Å². The van der Waals surface area contributed by atoms with Crippen LogP contribution in [0.25, 0.3) is 0 Å². The van der Waals surface area contributed by atoms with Crippen LogP contribution in [0.5, 0.6) is 0 Å². The Balaban J connectivity index is 2.14. The number of hydrogen-bond acceptors (Lipinski definition) is 3. The van der Waals surface area contributed by atoms with Crippen molar-refractivity contribution in [3.8, 4) is 0 Å². The van der Waals surface area contributed by atoms with Crippen molar-refractivity contribution in [3.63, 3.8) is 0 Å². The van der Waals surface area contributed by atoms with Gasteiger partial charge >= 0.3 is 12.4 Å². The van der Waals surface area contributed by atoms with Gasteiger partial charge in [-0.05, 0) is 35.4 Å². The minimum Gasteiger partial charge on any atom is -0.352 e. The molecule has 3 amide bonds. The summed E-state index contributed by atoms with van der Waals surface area (Å²) >= 11 is 17.5. The Morgan fingerprint density at radius 1 is 1.03 bits per heavy atom. The molecule has 0 radical (unpaired) electrons. The highest BCUT2D eigenvalue weighted by Crippen LogP contribution is 2.52. The highest BCUT2D eigenvalue weighted by molar-refractivity contribution is 6.48. The zero-order chi connectivity index (χ0) is 27.2. The van der Waals surface area contributed by atoms with Crippen molar-refractivity contribution < 1.29 is 40.7 Å². The number of halogens is 9. The van der Waals surface area contributed by atoms with Gasteiger partial charge in [-0.2, -0.15) is 26.3 Å². The fourth-order valence-electron chi connectivity index (χ4n) is 3.80. The van der Waals surface area contributed by atoms with Crippen molar-refractivity contribution >= 4 is 58.2 Å². The van der Waals surface area contributed by atoms with Crippen LogP contribution in [0.2, 0.25) is 15.1 Å². The molecule has 1 saturated heterocycles. The van der Waals surface area contributed by atoms with Gasteiger partial charge in [0.2, 0.25) is 11.8 Å². The number of carbonyl (C=O) groups excluding carboxylic acids is 3. The lowest BCUT2D eigenvalue weighted by Gasteiger charge is -2.30. The highest BCUT2D eigenvalue weighted by atomic mass is 35.5. The lowest BCUT2D eigenvalue weighted by Crippen LogP contribution is -2.49. The first-order valence-electron chi connectivity index (χ1n) is 10.1. The zero-order valence-electron chi connectivity index (χ0n) is 18.1. The maximum Gasteiger partial charge on any atom is 0.416 e. The molecular weight excluding hydrogens is 561 g/mol. The van der Waals surface area contributed by atoms with E-state index >= 15 is 0 Å². The fourth-order valence-corrected chi connectivity index (χ4v) is 4.40. The molecule has 1 heterocycles. The number of alkyl halides is 6. The molecule has 1 aliphatic heterocycles. The summed E-state index contributed by atoms with van der Waals surface area (Å²) < 4.78 is 84.3. The van der Waals surface area contributed by atoms with Crippen molar-refractivity contribution in [2.45, 2.75) is 44.1 Å². The molecule has 0 aromatic heterocycles. The van der Waals surface area contributed by atoms with Crippen molar-refractivity contribution in [2.24, 2.45) is 0 Å². The lowest BCUT2D eigenvalue weighted by molar-refractivity contribution is -0.191. The number of nitrogens with one attached hydrogen (secondary N) is 1. The standard InChI is InChI=1S/C22H15Cl3F6N2O3/c1-2-16(34)32-9-10-3-4-12(7-13(10)21(26,27)28)33-17(35)8-20(19(33)36,22(29,30)31)11-5-14(23)18(25)15(24)6-11/h3-7H,2,8-9H2,1H3,(H,32,34). The van der Waals surface area contributed by atoms with Gasteiger partial charge in [-0.25, -0.2) is 4.90 Å². The summed E-state index contributed by atoms with van der Waals surface area (Å²) in [6.45, 7) is 0.958. The van der Waals surface area contributed by atoms with Crippen LogP contribution in [-0.4, -0.2) is 23.9 Å². The molecule has 36 heavy (non-hydrogen) atoms. The van der Waals surface area contributed by atoms with E-state index in [1.54, 1.807) is 0 Å². The maximum atomic E-state index is 14.4. The van der Waals surface area contributed by atoms with E-state index in [9.17, 15) is 40.7 Å². The molecule has 2 aromatic carbocycles. The van der Waals surface area contributed by atoms with Crippen molar-refractivity contribution in [1.29, 1.82) is 0 Å². The van der Waals surface area contributed by atoms with E-state index in [0.717, 1.165) is 24.3 Å². The van der Waals surface area contributed by atoms with E-state index in [4.69, 9.17) is 34.8 Å². The van der Waals surface area contributed by atoms with Gasteiger partial charge in [0.15, 0.2) is 5.41 Å². The number of benzene rings is 2. The van der Waals surface area contributed by atoms with E-state index in [0.29, 0.717) is 6.07 Å². The highest BCUT2D eigenvalue weighted by Gasteiger charge is 2.68. The molecule has 0 saturated carbocycles. The molecule has 1 N–H and O–H groups in total. The summed E-state index contributed by atoms with van der Waals surface area (Å²) in [6, 6.07) is 3.62. The van der Waals surface area contributed by atoms with E-state index in [2.05, 4.69) is 5.32 Å². The Labute approximate surface area is 215 Å². The predicted octanol–water partition coefficient (Wildman–Crippen LogP) is 6.46. The Morgan fingerprint density at radius 3 is 2.11 bits per heavy atom. The summed E-state index contributed by atoms with van der Waals surface area (Å²) in [4.78, 5) is 37.5. The minimum absolute atomic E-state index is 0.00840. The van der Waals surface area contributed by atoms with Crippen molar-refractivity contribution in [2.75, 3.05) is 4.90 Å². The first kappa shape index (κ1) is 28.1. The largest absolute Gasteiger partial charge is 0.416 e. The summed E-state index contributed by atoms with van der Waals surface area (Å²) in [5, 5.41) is 1.15. The molecule has 1 atom stereocenters. The first-order chi connectivity index (χ1) is 16.5. The first-order valence-corrected chi connectivity index (χ1v) is 11.2. The number of anilines is 1. The number of rotatable bonds is 5. The Morgan fingerprint density at radius 2 is 1.61 bits per heavy atom. The normalized spacial score (nSPS) is 18.7. The van der Waals surface area contributed by atoms with Gasteiger partial charge in [-0.15, -0.1) is 0 Å². The van der Waals surface area contributed by atoms with Crippen molar-refractivity contribution in [3.05, 3.63) is 62.1 Å². The summed E-state index contributed by atoms with van der Waals surface area (Å²) in [5.41, 5.74) is -6.72. The van der Waals surface area contributed by atoms with Gasteiger partial charge in [0.05, 0.1) is 32.7 Å². The van der Waals surface area contributed by atoms with Gasteiger partial charge in [-0.1, -0.05) is 47.8 Å². The lowest BCUT2D eigenvalue weighted by atomic mass is 9.78. The third-order valence-corrected chi connectivity index (χ3v) is 6.85. The summed E-state index contributed by atoms with van der Waals surface area (Å²) in [7, 11) is 0. The van der Waals surface area contributed by atoms with Gasteiger partial charge < -0.3 is 5.32 Å². The monoisotopic (exact) mass is 574 g/mol. The number of carbonyl (C=O) groups is 3. The number of imide groups is 1. The third-order valence-electron chi connectivity index (χ3n) is 5.65. The molecule has 194 valence electrons. The maximum absolute atomic E-state index is 14.4. The molecule has 0 spiro atoms. The van der Waals surface area contributed by atoms with Crippen molar-refractivity contribution in [1.82, 2.24) is 5.32 Å². The Hall–Kier alpha value is -2.50. The van der Waals surface area contributed by atoms with E-state index in [1.807, 2.05) is 0 Å². The van der Waals surface area contributed by atoms with Crippen LogP contribution in [0.1, 0.15) is 36.5 Å². The average molecular weight is 576 g/mol. The molecule has 14 heteroatoms. The molecule has 0 bridgehead atoms.